The van der Waals surface area contributed by atoms with Gasteiger partial charge in [0.25, 0.3) is 5.56 Å². The molecule has 3 rings (SSSR count). The van der Waals surface area contributed by atoms with Crippen LogP contribution >= 0.6 is 11.3 Å². The summed E-state index contributed by atoms with van der Waals surface area (Å²) in [5.74, 6) is -0.674. The summed E-state index contributed by atoms with van der Waals surface area (Å²) < 4.78 is 1.24. The molecule has 0 amide bonds. The van der Waals surface area contributed by atoms with E-state index >= 15 is 0 Å². The third-order valence-electron chi connectivity index (χ3n) is 3.61. The molecule has 0 atom stereocenters. The summed E-state index contributed by atoms with van der Waals surface area (Å²) in [7, 11) is 0. The second kappa shape index (κ2) is 5.38. The highest BCUT2D eigenvalue weighted by atomic mass is 32.1. The number of fused-ring (bicyclic) bond motifs is 1. The number of aryl methyl sites for hydroxylation is 2. The summed E-state index contributed by atoms with van der Waals surface area (Å²) in [5, 5.41) is 9.64. The van der Waals surface area contributed by atoms with Crippen molar-refractivity contribution < 1.29 is 9.90 Å². The zero-order chi connectivity index (χ0) is 15.9. The topological polar surface area (TPSA) is 72.2 Å². The van der Waals surface area contributed by atoms with Crippen LogP contribution in [-0.2, 0) is 11.3 Å². The smallest absolute Gasteiger partial charge is 0.323 e. The number of aliphatic carboxylic acids is 1. The Morgan fingerprint density at radius 2 is 1.95 bits per heavy atom. The molecule has 0 aliphatic rings. The maximum atomic E-state index is 12.8. The molecule has 112 valence electrons. The molecular formula is C16H14N2O3S. The van der Waals surface area contributed by atoms with Gasteiger partial charge in [0.05, 0.1) is 5.39 Å². The molecule has 2 aromatic heterocycles. The molecule has 0 aliphatic carbocycles. The molecular weight excluding hydrogens is 300 g/mol. The van der Waals surface area contributed by atoms with E-state index in [1.54, 1.807) is 0 Å². The lowest BCUT2D eigenvalue weighted by atomic mass is 10.2. The molecule has 5 nitrogen and oxygen atoms in total. The van der Waals surface area contributed by atoms with E-state index in [-0.39, 0.29) is 5.56 Å². The van der Waals surface area contributed by atoms with E-state index in [2.05, 4.69) is 4.98 Å². The summed E-state index contributed by atoms with van der Waals surface area (Å²) in [6.07, 6.45) is 0. The van der Waals surface area contributed by atoms with Crippen molar-refractivity contribution in [1.82, 2.24) is 9.55 Å². The molecule has 0 bridgehead atoms. The van der Waals surface area contributed by atoms with E-state index in [1.165, 1.54) is 15.9 Å². The fourth-order valence-electron chi connectivity index (χ4n) is 2.42. The molecule has 0 radical (unpaired) electrons. The molecule has 2 heterocycles. The van der Waals surface area contributed by atoms with Crippen LogP contribution in [0.1, 0.15) is 10.4 Å². The number of carbonyl (C=O) groups is 1. The third kappa shape index (κ3) is 2.31. The van der Waals surface area contributed by atoms with Gasteiger partial charge in [0.15, 0.2) is 0 Å². The van der Waals surface area contributed by atoms with Gasteiger partial charge in [-0.2, -0.15) is 0 Å². The minimum atomic E-state index is -1.06. The first-order chi connectivity index (χ1) is 10.5. The standard InChI is InChI=1S/C16H14N2O3S/c1-9-10(2)22-15-13(9)16(21)18(8-12(19)20)14(17-15)11-6-4-3-5-7-11/h3-7H,8H2,1-2H3,(H,19,20). The highest BCUT2D eigenvalue weighted by molar-refractivity contribution is 7.18. The Hall–Kier alpha value is -2.47. The number of hydrogen-bond donors (Lipinski definition) is 1. The molecule has 22 heavy (non-hydrogen) atoms. The average molecular weight is 314 g/mol. The van der Waals surface area contributed by atoms with Crippen LogP contribution in [0.3, 0.4) is 0 Å². The molecule has 1 N–H and O–H groups in total. The zero-order valence-corrected chi connectivity index (χ0v) is 13.0. The Balaban J connectivity index is 2.40. The van der Waals surface area contributed by atoms with Crippen LogP contribution in [0.4, 0.5) is 0 Å². The number of nitrogens with zero attached hydrogens (tertiary/aromatic N) is 2. The van der Waals surface area contributed by atoms with Gasteiger partial charge in [0.2, 0.25) is 0 Å². The van der Waals surface area contributed by atoms with Gasteiger partial charge in [-0.25, -0.2) is 4.98 Å². The summed E-state index contributed by atoms with van der Waals surface area (Å²) in [6, 6.07) is 9.17. The van der Waals surface area contributed by atoms with Gasteiger partial charge in [0.1, 0.15) is 17.2 Å². The minimum Gasteiger partial charge on any atom is -0.480 e. The van der Waals surface area contributed by atoms with Crippen LogP contribution < -0.4 is 5.56 Å². The third-order valence-corrected chi connectivity index (χ3v) is 4.72. The molecule has 0 saturated heterocycles. The van der Waals surface area contributed by atoms with Crippen molar-refractivity contribution >= 4 is 27.5 Å². The second-order valence-corrected chi connectivity index (χ2v) is 6.25. The minimum absolute atomic E-state index is 0.298. The first-order valence-electron chi connectivity index (χ1n) is 6.76. The van der Waals surface area contributed by atoms with E-state index < -0.39 is 12.5 Å². The lowest BCUT2D eigenvalue weighted by molar-refractivity contribution is -0.137. The Kier molecular flexibility index (Phi) is 3.54. The summed E-state index contributed by atoms with van der Waals surface area (Å²) >= 11 is 1.46. The van der Waals surface area contributed by atoms with E-state index in [1.807, 2.05) is 44.2 Å². The number of benzene rings is 1. The molecule has 0 aliphatic heterocycles. The van der Waals surface area contributed by atoms with Crippen molar-refractivity contribution in [3.63, 3.8) is 0 Å². The van der Waals surface area contributed by atoms with Crippen molar-refractivity contribution in [2.75, 3.05) is 0 Å². The zero-order valence-electron chi connectivity index (χ0n) is 12.2. The van der Waals surface area contributed by atoms with Crippen molar-refractivity contribution in [2.24, 2.45) is 0 Å². The van der Waals surface area contributed by atoms with Crippen molar-refractivity contribution in [1.29, 1.82) is 0 Å². The fourth-order valence-corrected chi connectivity index (χ4v) is 3.44. The number of hydrogen-bond acceptors (Lipinski definition) is 4. The highest BCUT2D eigenvalue weighted by Crippen LogP contribution is 2.28. The Labute approximate surface area is 130 Å². The molecule has 0 saturated carbocycles. The molecule has 3 aromatic rings. The molecule has 0 fully saturated rings. The van der Waals surface area contributed by atoms with Crippen LogP contribution in [0, 0.1) is 13.8 Å². The number of rotatable bonds is 3. The van der Waals surface area contributed by atoms with Crippen molar-refractivity contribution in [3.8, 4) is 11.4 Å². The van der Waals surface area contributed by atoms with Crippen molar-refractivity contribution in [2.45, 2.75) is 20.4 Å². The maximum absolute atomic E-state index is 12.8. The van der Waals surface area contributed by atoms with Crippen LogP contribution in [0.15, 0.2) is 35.1 Å². The Morgan fingerprint density at radius 1 is 1.27 bits per heavy atom. The summed E-state index contributed by atoms with van der Waals surface area (Å²) in [4.78, 5) is 30.1. The van der Waals surface area contributed by atoms with Gasteiger partial charge in [-0.15, -0.1) is 11.3 Å². The van der Waals surface area contributed by atoms with Crippen LogP contribution in [-0.4, -0.2) is 20.6 Å². The first-order valence-corrected chi connectivity index (χ1v) is 7.58. The molecule has 6 heteroatoms. The quantitative estimate of drug-likeness (QED) is 0.807. The molecule has 0 unspecified atom stereocenters. The van der Waals surface area contributed by atoms with Gasteiger partial charge < -0.3 is 5.11 Å². The second-order valence-electron chi connectivity index (χ2n) is 5.05. The van der Waals surface area contributed by atoms with Gasteiger partial charge in [-0.3, -0.25) is 14.2 Å². The molecule has 0 spiro atoms. The predicted molar refractivity (Wildman–Crippen MR) is 86.4 cm³/mol. The monoisotopic (exact) mass is 314 g/mol. The largest absolute Gasteiger partial charge is 0.480 e. The van der Waals surface area contributed by atoms with E-state index in [0.29, 0.717) is 16.0 Å². The normalized spacial score (nSPS) is 11.0. The fraction of sp³-hybridized carbons (Fsp3) is 0.188. The van der Waals surface area contributed by atoms with Crippen molar-refractivity contribution in [3.05, 3.63) is 51.1 Å². The van der Waals surface area contributed by atoms with E-state index in [0.717, 1.165) is 16.0 Å². The van der Waals surface area contributed by atoms with Gasteiger partial charge in [-0.05, 0) is 19.4 Å². The van der Waals surface area contributed by atoms with Crippen LogP contribution in [0.5, 0.6) is 0 Å². The average Bonchev–Trinajstić information content (AvgIpc) is 2.77. The first kappa shape index (κ1) is 14.5. The summed E-state index contributed by atoms with van der Waals surface area (Å²) in [6.45, 7) is 3.40. The highest BCUT2D eigenvalue weighted by Gasteiger charge is 2.18. The predicted octanol–water partition coefficient (Wildman–Crippen LogP) is 2.83. The van der Waals surface area contributed by atoms with Gasteiger partial charge >= 0.3 is 5.97 Å². The maximum Gasteiger partial charge on any atom is 0.323 e. The van der Waals surface area contributed by atoms with Gasteiger partial charge in [0, 0.05) is 10.4 Å². The summed E-state index contributed by atoms with van der Waals surface area (Å²) in [5.41, 5.74) is 1.30. The SMILES string of the molecule is Cc1sc2nc(-c3ccccc3)n(CC(=O)O)c(=O)c2c1C. The Bertz CT molecular complexity index is 926. The number of thiophene rings is 1. The van der Waals surface area contributed by atoms with E-state index in [9.17, 15) is 9.59 Å². The molecule has 1 aromatic carbocycles. The van der Waals surface area contributed by atoms with Crippen LogP contribution in [0.25, 0.3) is 21.6 Å². The number of carboxylic acid groups (broad SMARTS) is 1. The number of carboxylic acids is 1. The lowest BCUT2D eigenvalue weighted by Gasteiger charge is -2.10. The van der Waals surface area contributed by atoms with Gasteiger partial charge in [-0.1, -0.05) is 30.3 Å². The lowest BCUT2D eigenvalue weighted by Crippen LogP contribution is -2.26. The number of aromatic nitrogens is 2. The van der Waals surface area contributed by atoms with E-state index in [4.69, 9.17) is 5.11 Å². The van der Waals surface area contributed by atoms with Crippen LogP contribution in [0.2, 0.25) is 0 Å². The Morgan fingerprint density at radius 3 is 2.59 bits per heavy atom.